The molecular weight excluding hydrogens is 200 g/mol. The van der Waals surface area contributed by atoms with Crippen molar-refractivity contribution in [3.05, 3.63) is 0 Å². The molecule has 5 heteroatoms. The van der Waals surface area contributed by atoms with E-state index in [1.165, 1.54) is 0 Å². The monoisotopic (exact) mass is 218 g/mol. The first-order chi connectivity index (χ1) is 6.55. The van der Waals surface area contributed by atoms with Gasteiger partial charge in [-0.15, -0.1) is 0 Å². The van der Waals surface area contributed by atoms with Gasteiger partial charge in [-0.05, 0) is 25.7 Å². The summed E-state index contributed by atoms with van der Waals surface area (Å²) in [5.74, 6) is 0.669. The third kappa shape index (κ3) is 2.46. The molecule has 1 saturated carbocycles. The van der Waals surface area contributed by atoms with Crippen LogP contribution in [-0.4, -0.2) is 38.0 Å². The van der Waals surface area contributed by atoms with Crippen molar-refractivity contribution >= 4 is 9.84 Å². The zero-order valence-corrected chi connectivity index (χ0v) is 9.09. The number of sulfone groups is 1. The van der Waals surface area contributed by atoms with Gasteiger partial charge in [-0.2, -0.15) is 0 Å². The molecule has 2 rings (SSSR count). The van der Waals surface area contributed by atoms with Gasteiger partial charge in [-0.3, -0.25) is 0 Å². The fourth-order valence-electron chi connectivity index (χ4n) is 2.43. The molecule has 3 unspecified atom stereocenters. The van der Waals surface area contributed by atoms with Gasteiger partial charge < -0.3 is 11.1 Å². The van der Waals surface area contributed by atoms with Crippen molar-refractivity contribution in [3.8, 4) is 0 Å². The van der Waals surface area contributed by atoms with E-state index in [9.17, 15) is 8.42 Å². The Morgan fingerprint density at radius 3 is 2.43 bits per heavy atom. The minimum atomic E-state index is -2.74. The molecule has 0 bridgehead atoms. The van der Waals surface area contributed by atoms with E-state index in [4.69, 9.17) is 5.73 Å². The molecule has 82 valence electrons. The molecule has 2 fully saturated rings. The number of nitrogens with one attached hydrogen (secondary N) is 1. The molecule has 0 spiro atoms. The molecular formula is C9H18N2O2S. The molecule has 0 aromatic heterocycles. The topological polar surface area (TPSA) is 72.2 Å². The van der Waals surface area contributed by atoms with Crippen molar-refractivity contribution in [2.24, 2.45) is 5.73 Å². The summed E-state index contributed by atoms with van der Waals surface area (Å²) in [5.41, 5.74) is 5.79. The quantitative estimate of drug-likeness (QED) is 0.664. The molecule has 0 aromatic carbocycles. The van der Waals surface area contributed by atoms with Crippen LogP contribution >= 0.6 is 0 Å². The number of nitrogens with two attached hydrogens (primary N) is 1. The van der Waals surface area contributed by atoms with Gasteiger partial charge in [0.15, 0.2) is 9.84 Å². The van der Waals surface area contributed by atoms with E-state index in [1.807, 2.05) is 0 Å². The third-order valence-corrected chi connectivity index (χ3v) is 4.94. The average molecular weight is 218 g/mol. The van der Waals surface area contributed by atoms with Crippen LogP contribution in [0.5, 0.6) is 0 Å². The van der Waals surface area contributed by atoms with Crippen LogP contribution in [-0.2, 0) is 9.84 Å². The second-order valence-electron chi connectivity index (χ2n) is 4.54. The van der Waals surface area contributed by atoms with Crippen molar-refractivity contribution in [3.63, 3.8) is 0 Å². The van der Waals surface area contributed by atoms with Crippen molar-refractivity contribution in [1.82, 2.24) is 5.32 Å². The first-order valence-electron chi connectivity index (χ1n) is 5.27. The summed E-state index contributed by atoms with van der Waals surface area (Å²) in [5, 5.41) is 3.40. The van der Waals surface area contributed by atoms with E-state index in [0.29, 0.717) is 23.6 Å². The number of hydrogen-bond donors (Lipinski definition) is 2. The Bertz CT molecular complexity index is 302. The summed E-state index contributed by atoms with van der Waals surface area (Å²) >= 11 is 0. The Labute approximate surface area is 85.2 Å². The van der Waals surface area contributed by atoms with E-state index < -0.39 is 9.84 Å². The van der Waals surface area contributed by atoms with Gasteiger partial charge in [0.2, 0.25) is 0 Å². The maximum atomic E-state index is 11.2. The van der Waals surface area contributed by atoms with Crippen molar-refractivity contribution in [1.29, 1.82) is 0 Å². The second kappa shape index (κ2) is 3.79. The Morgan fingerprint density at radius 2 is 1.93 bits per heavy atom. The largest absolute Gasteiger partial charge is 0.328 e. The Hall–Kier alpha value is -0.130. The number of hydrogen-bond acceptors (Lipinski definition) is 4. The molecule has 1 heterocycles. The highest BCUT2D eigenvalue weighted by atomic mass is 32.2. The van der Waals surface area contributed by atoms with E-state index in [0.717, 1.165) is 25.7 Å². The maximum absolute atomic E-state index is 11.2. The Balaban J connectivity index is 1.82. The molecule has 2 aliphatic rings. The predicted molar refractivity (Wildman–Crippen MR) is 55.8 cm³/mol. The van der Waals surface area contributed by atoms with Crippen LogP contribution in [0.3, 0.4) is 0 Å². The van der Waals surface area contributed by atoms with E-state index >= 15 is 0 Å². The van der Waals surface area contributed by atoms with E-state index in [-0.39, 0.29) is 6.04 Å². The SMILES string of the molecule is NC1CCC(NC2CCS(=O)(=O)C2)C1. The highest BCUT2D eigenvalue weighted by Gasteiger charge is 2.31. The van der Waals surface area contributed by atoms with Gasteiger partial charge in [-0.25, -0.2) is 8.42 Å². The lowest BCUT2D eigenvalue weighted by molar-refractivity contribution is 0.451. The predicted octanol–water partition coefficient (Wildman–Crippen LogP) is -0.357. The summed E-state index contributed by atoms with van der Waals surface area (Å²) in [4.78, 5) is 0. The van der Waals surface area contributed by atoms with Crippen molar-refractivity contribution in [2.45, 2.75) is 43.8 Å². The van der Waals surface area contributed by atoms with Crippen LogP contribution in [0.2, 0.25) is 0 Å². The normalized spacial score (nSPS) is 41.6. The molecule has 0 aromatic rings. The van der Waals surface area contributed by atoms with Crippen molar-refractivity contribution in [2.75, 3.05) is 11.5 Å². The van der Waals surface area contributed by atoms with E-state index in [2.05, 4.69) is 5.32 Å². The maximum Gasteiger partial charge on any atom is 0.151 e. The first kappa shape index (κ1) is 10.4. The van der Waals surface area contributed by atoms with Crippen LogP contribution < -0.4 is 11.1 Å². The lowest BCUT2D eigenvalue weighted by Gasteiger charge is -2.17. The van der Waals surface area contributed by atoms with Crippen LogP contribution in [0, 0.1) is 0 Å². The fraction of sp³-hybridized carbons (Fsp3) is 1.00. The fourth-order valence-corrected chi connectivity index (χ4v) is 4.11. The molecule has 3 atom stereocenters. The standard InChI is InChI=1S/C9H18N2O2S/c10-7-1-2-8(5-7)11-9-3-4-14(12,13)6-9/h7-9,11H,1-6,10H2. The summed E-state index contributed by atoms with van der Waals surface area (Å²) in [6.45, 7) is 0. The zero-order valence-electron chi connectivity index (χ0n) is 8.28. The Kier molecular flexibility index (Phi) is 2.81. The molecule has 1 aliphatic heterocycles. The molecule has 0 radical (unpaired) electrons. The van der Waals surface area contributed by atoms with Crippen LogP contribution in [0.4, 0.5) is 0 Å². The highest BCUT2D eigenvalue weighted by Crippen LogP contribution is 2.20. The summed E-state index contributed by atoms with van der Waals surface area (Å²) in [6, 6.07) is 0.934. The zero-order chi connectivity index (χ0) is 10.2. The van der Waals surface area contributed by atoms with E-state index in [1.54, 1.807) is 0 Å². The molecule has 0 amide bonds. The van der Waals surface area contributed by atoms with Crippen molar-refractivity contribution < 1.29 is 8.42 Å². The Morgan fingerprint density at radius 1 is 1.14 bits per heavy atom. The molecule has 3 N–H and O–H groups in total. The molecule has 4 nitrogen and oxygen atoms in total. The molecule has 1 saturated heterocycles. The average Bonchev–Trinajstić information content (AvgIpc) is 2.59. The number of rotatable bonds is 2. The third-order valence-electron chi connectivity index (χ3n) is 3.18. The van der Waals surface area contributed by atoms with Crippen LogP contribution in [0.25, 0.3) is 0 Å². The van der Waals surface area contributed by atoms with Gasteiger partial charge in [-0.1, -0.05) is 0 Å². The molecule has 1 aliphatic carbocycles. The molecule has 14 heavy (non-hydrogen) atoms. The van der Waals surface area contributed by atoms with Gasteiger partial charge in [0.1, 0.15) is 0 Å². The summed E-state index contributed by atoms with van der Waals surface area (Å²) < 4.78 is 22.4. The van der Waals surface area contributed by atoms with Gasteiger partial charge in [0.25, 0.3) is 0 Å². The van der Waals surface area contributed by atoms with Gasteiger partial charge in [0.05, 0.1) is 11.5 Å². The smallest absolute Gasteiger partial charge is 0.151 e. The minimum absolute atomic E-state index is 0.176. The summed E-state index contributed by atoms with van der Waals surface area (Å²) in [7, 11) is -2.74. The van der Waals surface area contributed by atoms with Gasteiger partial charge in [0, 0.05) is 18.1 Å². The van der Waals surface area contributed by atoms with Crippen LogP contribution in [0.15, 0.2) is 0 Å². The minimum Gasteiger partial charge on any atom is -0.328 e. The highest BCUT2D eigenvalue weighted by molar-refractivity contribution is 7.91. The lowest BCUT2D eigenvalue weighted by atomic mass is 10.2. The van der Waals surface area contributed by atoms with Crippen LogP contribution in [0.1, 0.15) is 25.7 Å². The second-order valence-corrected chi connectivity index (χ2v) is 6.77. The summed E-state index contributed by atoms with van der Waals surface area (Å²) in [6.07, 6.45) is 3.93. The lowest BCUT2D eigenvalue weighted by Crippen LogP contribution is -2.38. The van der Waals surface area contributed by atoms with Gasteiger partial charge >= 0.3 is 0 Å². The first-order valence-corrected chi connectivity index (χ1v) is 7.09.